The Bertz CT molecular complexity index is 289. The van der Waals surface area contributed by atoms with E-state index in [9.17, 15) is 9.50 Å². The maximum absolute atomic E-state index is 11.9. The van der Waals surface area contributed by atoms with Crippen LogP contribution in [0.25, 0.3) is 0 Å². The van der Waals surface area contributed by atoms with Gasteiger partial charge in [0.1, 0.15) is 6.67 Å². The molecule has 3 unspecified atom stereocenters. The number of nitrogens with one attached hydrogen (secondary N) is 1. The number of hydrogen-bond acceptors (Lipinski definition) is 4. The molecular formula is C15H31FN2O2. The van der Waals surface area contributed by atoms with Crippen molar-refractivity contribution < 1.29 is 14.2 Å². The van der Waals surface area contributed by atoms with Crippen LogP contribution in [0, 0.1) is 10.8 Å². The van der Waals surface area contributed by atoms with Crippen molar-refractivity contribution in [2.24, 2.45) is 16.6 Å². The maximum atomic E-state index is 11.9. The van der Waals surface area contributed by atoms with Crippen molar-refractivity contribution in [1.82, 2.24) is 5.32 Å². The zero-order chi connectivity index (χ0) is 15.2. The molecule has 5 heteroatoms. The van der Waals surface area contributed by atoms with Gasteiger partial charge in [-0.1, -0.05) is 20.8 Å². The summed E-state index contributed by atoms with van der Waals surface area (Å²) in [5.41, 5.74) is 6.61. The van der Waals surface area contributed by atoms with Gasteiger partial charge in [-0.05, 0) is 30.1 Å². The van der Waals surface area contributed by atoms with Crippen molar-refractivity contribution in [3.05, 3.63) is 0 Å². The Labute approximate surface area is 122 Å². The molecule has 0 heterocycles. The quantitative estimate of drug-likeness (QED) is 0.592. The van der Waals surface area contributed by atoms with Crippen LogP contribution in [-0.4, -0.2) is 50.2 Å². The molecule has 4 nitrogen and oxygen atoms in total. The van der Waals surface area contributed by atoms with Gasteiger partial charge in [-0.25, -0.2) is 4.39 Å². The maximum Gasteiger partial charge on any atom is 0.113 e. The van der Waals surface area contributed by atoms with Gasteiger partial charge in [0, 0.05) is 19.1 Å². The zero-order valence-electron chi connectivity index (χ0n) is 13.1. The van der Waals surface area contributed by atoms with E-state index < -0.39 is 12.8 Å². The molecular weight excluding hydrogens is 259 g/mol. The zero-order valence-corrected chi connectivity index (χ0v) is 13.1. The Morgan fingerprint density at radius 2 is 2.10 bits per heavy atom. The molecule has 0 amide bonds. The van der Waals surface area contributed by atoms with Gasteiger partial charge in [-0.15, -0.1) is 0 Å². The fourth-order valence-electron chi connectivity index (χ4n) is 3.72. The lowest BCUT2D eigenvalue weighted by molar-refractivity contribution is 0.0274. The van der Waals surface area contributed by atoms with Gasteiger partial charge < -0.3 is 20.9 Å². The second-order valence-electron chi connectivity index (χ2n) is 7.37. The third-order valence-electron chi connectivity index (χ3n) is 3.94. The number of ether oxygens (including phenoxy) is 1. The molecule has 1 rings (SSSR count). The van der Waals surface area contributed by atoms with Gasteiger partial charge in [0.2, 0.25) is 0 Å². The molecule has 4 N–H and O–H groups in total. The van der Waals surface area contributed by atoms with Crippen molar-refractivity contribution in [3.63, 3.8) is 0 Å². The number of alkyl halides is 1. The lowest BCUT2D eigenvalue weighted by Gasteiger charge is -2.46. The molecule has 0 aliphatic heterocycles. The van der Waals surface area contributed by atoms with E-state index in [1.54, 1.807) is 0 Å². The summed E-state index contributed by atoms with van der Waals surface area (Å²) in [6, 6.07) is 0.253. The average Bonchev–Trinajstić information content (AvgIpc) is 2.25. The minimum absolute atomic E-state index is 0.0534. The lowest BCUT2D eigenvalue weighted by Crippen LogP contribution is -2.47. The molecule has 1 fully saturated rings. The van der Waals surface area contributed by atoms with Crippen LogP contribution < -0.4 is 11.1 Å². The Morgan fingerprint density at radius 1 is 1.40 bits per heavy atom. The predicted molar refractivity (Wildman–Crippen MR) is 79.4 cm³/mol. The highest BCUT2D eigenvalue weighted by Crippen LogP contribution is 2.45. The minimum atomic E-state index is -0.588. The van der Waals surface area contributed by atoms with Gasteiger partial charge in [0.05, 0.1) is 19.3 Å². The highest BCUT2D eigenvalue weighted by molar-refractivity contribution is 4.94. The first-order valence-electron chi connectivity index (χ1n) is 7.54. The first-order valence-corrected chi connectivity index (χ1v) is 7.54. The van der Waals surface area contributed by atoms with E-state index in [0.717, 1.165) is 25.8 Å². The molecule has 0 bridgehead atoms. The molecule has 120 valence electrons. The minimum Gasteiger partial charge on any atom is -0.389 e. The molecule has 1 aliphatic carbocycles. The highest BCUT2D eigenvalue weighted by Gasteiger charge is 2.39. The number of aliphatic hydroxyl groups excluding tert-OH is 1. The fraction of sp³-hybridized carbons (Fsp3) is 1.00. The second-order valence-corrected chi connectivity index (χ2v) is 7.37. The van der Waals surface area contributed by atoms with Crippen molar-refractivity contribution in [3.8, 4) is 0 Å². The van der Waals surface area contributed by atoms with Crippen LogP contribution in [0.3, 0.4) is 0 Å². The van der Waals surface area contributed by atoms with E-state index >= 15 is 0 Å². The Morgan fingerprint density at radius 3 is 2.70 bits per heavy atom. The van der Waals surface area contributed by atoms with Crippen LogP contribution in [0.5, 0.6) is 0 Å². The number of rotatable bonds is 8. The smallest absolute Gasteiger partial charge is 0.113 e. The fourth-order valence-corrected chi connectivity index (χ4v) is 3.72. The normalized spacial score (nSPS) is 31.2. The van der Waals surface area contributed by atoms with Gasteiger partial charge in [-0.3, -0.25) is 0 Å². The third-order valence-corrected chi connectivity index (χ3v) is 3.94. The summed E-state index contributed by atoms with van der Waals surface area (Å²) >= 11 is 0. The number of halogens is 1. The van der Waals surface area contributed by atoms with Crippen molar-refractivity contribution in [1.29, 1.82) is 0 Å². The summed E-state index contributed by atoms with van der Waals surface area (Å²) in [6.45, 7) is 7.82. The molecule has 3 atom stereocenters. The van der Waals surface area contributed by atoms with Crippen LogP contribution in [0.15, 0.2) is 0 Å². The molecule has 20 heavy (non-hydrogen) atoms. The van der Waals surface area contributed by atoms with Crippen molar-refractivity contribution >= 4 is 0 Å². The van der Waals surface area contributed by atoms with Gasteiger partial charge >= 0.3 is 0 Å². The highest BCUT2D eigenvalue weighted by atomic mass is 19.1. The summed E-state index contributed by atoms with van der Waals surface area (Å²) in [5, 5.41) is 13.0. The van der Waals surface area contributed by atoms with E-state index in [4.69, 9.17) is 10.5 Å². The van der Waals surface area contributed by atoms with E-state index in [1.165, 1.54) is 0 Å². The lowest BCUT2D eigenvalue weighted by atomic mass is 9.63. The van der Waals surface area contributed by atoms with Crippen molar-refractivity contribution in [2.45, 2.75) is 52.2 Å². The van der Waals surface area contributed by atoms with E-state index in [1.807, 2.05) is 0 Å². The van der Waals surface area contributed by atoms with E-state index in [2.05, 4.69) is 26.1 Å². The second kappa shape index (κ2) is 7.69. The van der Waals surface area contributed by atoms with E-state index in [-0.39, 0.29) is 30.1 Å². The summed E-state index contributed by atoms with van der Waals surface area (Å²) in [7, 11) is 0. The standard InChI is InChI=1S/C15H31FN2O2/c1-14(2)6-12(17)7-15(3,10-14)11-18-8-13(19)9-20-5-4-16/h12-13,18-19H,4-11,17H2,1-3H3. The SMILES string of the molecule is CC1(C)CC(N)CC(C)(CNCC(O)COCCF)C1. The van der Waals surface area contributed by atoms with Crippen LogP contribution >= 0.6 is 0 Å². The number of aliphatic hydroxyl groups is 1. The molecule has 0 aromatic heterocycles. The summed E-state index contributed by atoms with van der Waals surface area (Å²) in [6.07, 6.45) is 2.63. The first-order chi connectivity index (χ1) is 9.26. The molecule has 1 aliphatic rings. The Balaban J connectivity index is 2.29. The molecule has 0 aromatic rings. The van der Waals surface area contributed by atoms with Crippen LogP contribution in [0.4, 0.5) is 4.39 Å². The van der Waals surface area contributed by atoms with Crippen molar-refractivity contribution in [2.75, 3.05) is 33.0 Å². The van der Waals surface area contributed by atoms with Crippen LogP contribution in [0.2, 0.25) is 0 Å². The molecule has 0 radical (unpaired) electrons. The van der Waals surface area contributed by atoms with Gasteiger partial charge in [0.25, 0.3) is 0 Å². The van der Waals surface area contributed by atoms with E-state index in [0.29, 0.717) is 6.54 Å². The number of hydrogen-bond donors (Lipinski definition) is 3. The molecule has 0 aromatic carbocycles. The van der Waals surface area contributed by atoms with Gasteiger partial charge in [-0.2, -0.15) is 0 Å². The largest absolute Gasteiger partial charge is 0.389 e. The molecule has 1 saturated carbocycles. The summed E-state index contributed by atoms with van der Waals surface area (Å²) in [5.74, 6) is 0. The Hall–Kier alpha value is -0.230. The summed E-state index contributed by atoms with van der Waals surface area (Å²) < 4.78 is 16.8. The third kappa shape index (κ3) is 6.48. The van der Waals surface area contributed by atoms with Crippen LogP contribution in [0.1, 0.15) is 40.0 Å². The number of nitrogens with two attached hydrogens (primary N) is 1. The van der Waals surface area contributed by atoms with Gasteiger partial charge in [0.15, 0.2) is 0 Å². The Kier molecular flexibility index (Phi) is 6.85. The average molecular weight is 290 g/mol. The molecule has 0 spiro atoms. The topological polar surface area (TPSA) is 67.5 Å². The summed E-state index contributed by atoms with van der Waals surface area (Å²) in [4.78, 5) is 0. The first kappa shape index (κ1) is 17.8. The predicted octanol–water partition coefficient (Wildman–Crippen LogP) is 1.47. The monoisotopic (exact) mass is 290 g/mol. The van der Waals surface area contributed by atoms with Crippen LogP contribution in [-0.2, 0) is 4.74 Å². The molecule has 0 saturated heterocycles.